The Morgan fingerprint density at radius 2 is 2.14 bits per heavy atom. The summed E-state index contributed by atoms with van der Waals surface area (Å²) in [6, 6.07) is 8.35. The third-order valence-electron chi connectivity index (χ3n) is 5.15. The van der Waals surface area contributed by atoms with Crippen LogP contribution in [0.4, 0.5) is 0 Å². The van der Waals surface area contributed by atoms with Crippen LogP contribution in [0.5, 0.6) is 0 Å². The van der Waals surface area contributed by atoms with Gasteiger partial charge in [-0.3, -0.25) is 9.59 Å². The van der Waals surface area contributed by atoms with E-state index in [0.717, 1.165) is 23.5 Å². The molecule has 2 atom stereocenters. The van der Waals surface area contributed by atoms with Crippen LogP contribution >= 0.6 is 23.1 Å². The number of carbonyl (C=O) groups excluding carboxylic acids is 2. The molecule has 150 valence electrons. The van der Waals surface area contributed by atoms with Crippen LogP contribution in [0.15, 0.2) is 34.5 Å². The Morgan fingerprint density at radius 3 is 2.71 bits per heavy atom. The molecule has 1 saturated heterocycles. The molecule has 1 aliphatic heterocycles. The lowest BCUT2D eigenvalue weighted by atomic mass is 9.85. The van der Waals surface area contributed by atoms with E-state index < -0.39 is 0 Å². The zero-order valence-corrected chi connectivity index (χ0v) is 18.2. The van der Waals surface area contributed by atoms with Gasteiger partial charge in [0.2, 0.25) is 11.8 Å². The smallest absolute Gasteiger partial charge is 0.220 e. The highest BCUT2D eigenvalue weighted by Crippen LogP contribution is 2.30. The quantitative estimate of drug-likeness (QED) is 0.637. The average Bonchev–Trinajstić information content (AvgIpc) is 3.27. The molecule has 2 heterocycles. The molecule has 1 aromatic heterocycles. The van der Waals surface area contributed by atoms with Crippen molar-refractivity contribution in [3.63, 3.8) is 0 Å². The monoisotopic (exact) mass is 417 g/mol. The predicted molar refractivity (Wildman–Crippen MR) is 115 cm³/mol. The van der Waals surface area contributed by atoms with E-state index in [0.29, 0.717) is 19.3 Å². The molecule has 7 heteroatoms. The second-order valence-electron chi connectivity index (χ2n) is 7.47. The number of thioether (sulfide) groups is 1. The van der Waals surface area contributed by atoms with Gasteiger partial charge in [-0.05, 0) is 57.1 Å². The van der Waals surface area contributed by atoms with Crippen LogP contribution in [0, 0.1) is 6.92 Å². The number of carbonyl (C=O) groups is 2. The Morgan fingerprint density at radius 1 is 1.39 bits per heavy atom. The molecule has 0 unspecified atom stereocenters. The lowest BCUT2D eigenvalue weighted by molar-refractivity contribution is -0.123. The number of hydrogen-bond donors (Lipinski definition) is 2. The molecule has 28 heavy (non-hydrogen) atoms. The highest BCUT2D eigenvalue weighted by Gasteiger charge is 2.37. The van der Waals surface area contributed by atoms with Crippen molar-refractivity contribution >= 4 is 34.9 Å². The molecule has 0 saturated carbocycles. The van der Waals surface area contributed by atoms with Crippen molar-refractivity contribution < 1.29 is 9.59 Å². The van der Waals surface area contributed by atoms with Gasteiger partial charge in [0.05, 0.1) is 6.04 Å². The first kappa shape index (κ1) is 20.9. The SMILES string of the molecule is CSc1ccc(C[C@]2(CCC(=O)N[C@@H](C)c3nc(C)cs3)CCC(=O)N2)cc1. The normalized spacial score (nSPS) is 20.0. The average molecular weight is 418 g/mol. The zero-order chi connectivity index (χ0) is 20.1. The maximum Gasteiger partial charge on any atom is 0.220 e. The molecule has 2 aromatic rings. The van der Waals surface area contributed by atoms with Crippen molar-refractivity contribution in [2.24, 2.45) is 0 Å². The molecule has 0 spiro atoms. The minimum atomic E-state index is -0.337. The molecule has 0 aliphatic carbocycles. The van der Waals surface area contributed by atoms with Gasteiger partial charge in [-0.1, -0.05) is 12.1 Å². The maximum absolute atomic E-state index is 12.5. The van der Waals surface area contributed by atoms with Gasteiger partial charge in [0, 0.05) is 34.4 Å². The molecule has 0 radical (unpaired) electrons. The molecule has 0 bridgehead atoms. The van der Waals surface area contributed by atoms with Crippen molar-refractivity contribution in [3.05, 3.63) is 45.9 Å². The number of thiazole rings is 1. The van der Waals surface area contributed by atoms with Crippen LogP contribution < -0.4 is 10.6 Å². The summed E-state index contributed by atoms with van der Waals surface area (Å²) < 4.78 is 0. The van der Waals surface area contributed by atoms with E-state index in [1.165, 1.54) is 10.5 Å². The lowest BCUT2D eigenvalue weighted by Crippen LogP contribution is -2.44. The zero-order valence-electron chi connectivity index (χ0n) is 16.6. The van der Waals surface area contributed by atoms with Crippen molar-refractivity contribution in [2.75, 3.05) is 6.26 Å². The predicted octanol–water partition coefficient (Wildman–Crippen LogP) is 4.02. The second-order valence-corrected chi connectivity index (χ2v) is 9.24. The first-order chi connectivity index (χ1) is 13.4. The second kappa shape index (κ2) is 9.09. The molecule has 1 aliphatic rings. The molecule has 3 rings (SSSR count). The summed E-state index contributed by atoms with van der Waals surface area (Å²) >= 11 is 3.27. The van der Waals surface area contributed by atoms with Crippen LogP contribution in [0.25, 0.3) is 0 Å². The number of aromatic nitrogens is 1. The fourth-order valence-corrected chi connectivity index (χ4v) is 4.83. The molecule has 2 N–H and O–H groups in total. The maximum atomic E-state index is 12.5. The van der Waals surface area contributed by atoms with E-state index in [1.54, 1.807) is 23.1 Å². The van der Waals surface area contributed by atoms with Gasteiger partial charge in [0.15, 0.2) is 0 Å². The lowest BCUT2D eigenvalue weighted by Gasteiger charge is -2.29. The highest BCUT2D eigenvalue weighted by molar-refractivity contribution is 7.98. The highest BCUT2D eigenvalue weighted by atomic mass is 32.2. The number of hydrogen-bond acceptors (Lipinski definition) is 5. The van der Waals surface area contributed by atoms with Gasteiger partial charge in [0.25, 0.3) is 0 Å². The summed E-state index contributed by atoms with van der Waals surface area (Å²) in [6.45, 7) is 3.91. The first-order valence-corrected chi connectivity index (χ1v) is 11.6. The summed E-state index contributed by atoms with van der Waals surface area (Å²) in [4.78, 5) is 30.1. The Hall–Kier alpha value is -1.86. The molecule has 1 aromatic carbocycles. The third kappa shape index (κ3) is 5.35. The van der Waals surface area contributed by atoms with E-state index in [4.69, 9.17) is 0 Å². The topological polar surface area (TPSA) is 71.1 Å². The van der Waals surface area contributed by atoms with E-state index in [2.05, 4.69) is 46.1 Å². The minimum absolute atomic E-state index is 0.00129. The number of aryl methyl sites for hydroxylation is 1. The molecule has 5 nitrogen and oxygen atoms in total. The Kier molecular flexibility index (Phi) is 6.78. The van der Waals surface area contributed by atoms with Gasteiger partial charge >= 0.3 is 0 Å². The van der Waals surface area contributed by atoms with Crippen LogP contribution in [0.2, 0.25) is 0 Å². The van der Waals surface area contributed by atoms with Gasteiger partial charge in [-0.25, -0.2) is 4.98 Å². The van der Waals surface area contributed by atoms with E-state index >= 15 is 0 Å². The van der Waals surface area contributed by atoms with Crippen molar-refractivity contribution in [3.8, 4) is 0 Å². The largest absolute Gasteiger partial charge is 0.350 e. The van der Waals surface area contributed by atoms with Crippen LogP contribution in [-0.4, -0.2) is 28.6 Å². The third-order valence-corrected chi connectivity index (χ3v) is 7.04. The Balaban J connectivity index is 1.60. The van der Waals surface area contributed by atoms with Crippen LogP contribution in [0.1, 0.15) is 54.9 Å². The van der Waals surface area contributed by atoms with Crippen molar-refractivity contribution in [1.29, 1.82) is 0 Å². The Labute approximate surface area is 174 Å². The van der Waals surface area contributed by atoms with Crippen LogP contribution in [-0.2, 0) is 16.0 Å². The molecule has 1 fully saturated rings. The summed E-state index contributed by atoms with van der Waals surface area (Å²) in [6.07, 6.45) is 5.13. The number of amides is 2. The van der Waals surface area contributed by atoms with Gasteiger partial charge < -0.3 is 10.6 Å². The van der Waals surface area contributed by atoms with Gasteiger partial charge in [-0.15, -0.1) is 23.1 Å². The summed E-state index contributed by atoms with van der Waals surface area (Å²) in [7, 11) is 0. The standard InChI is InChI=1S/C21H27N3O2S2/c1-14-13-28-20(22-14)15(2)23-18(25)8-10-21(11-9-19(26)24-21)12-16-4-6-17(27-3)7-5-16/h4-7,13,15H,8-12H2,1-3H3,(H,23,25)(H,24,26)/t15-,21-/m0/s1. The van der Waals surface area contributed by atoms with E-state index in [9.17, 15) is 9.59 Å². The molecular weight excluding hydrogens is 390 g/mol. The number of rotatable bonds is 8. The number of benzene rings is 1. The molecular formula is C21H27N3O2S2. The fourth-order valence-electron chi connectivity index (χ4n) is 3.62. The summed E-state index contributed by atoms with van der Waals surface area (Å²) in [5, 5.41) is 9.10. The minimum Gasteiger partial charge on any atom is -0.350 e. The van der Waals surface area contributed by atoms with E-state index in [-0.39, 0.29) is 23.4 Å². The molecule has 2 amide bonds. The fraction of sp³-hybridized carbons (Fsp3) is 0.476. The van der Waals surface area contributed by atoms with Gasteiger partial charge in [0.1, 0.15) is 5.01 Å². The first-order valence-electron chi connectivity index (χ1n) is 9.54. The number of nitrogens with one attached hydrogen (secondary N) is 2. The van der Waals surface area contributed by atoms with E-state index in [1.807, 2.05) is 19.2 Å². The van der Waals surface area contributed by atoms with Gasteiger partial charge in [-0.2, -0.15) is 0 Å². The van der Waals surface area contributed by atoms with Crippen LogP contribution in [0.3, 0.4) is 0 Å². The Bertz CT molecular complexity index is 834. The summed E-state index contributed by atoms with van der Waals surface area (Å²) in [5.74, 6) is 0.0754. The number of nitrogens with zero attached hydrogens (tertiary/aromatic N) is 1. The van der Waals surface area contributed by atoms with Crippen molar-refractivity contribution in [1.82, 2.24) is 15.6 Å². The summed E-state index contributed by atoms with van der Waals surface area (Å²) in [5.41, 5.74) is 1.82. The van der Waals surface area contributed by atoms with Crippen molar-refractivity contribution in [2.45, 2.75) is 62.4 Å².